The molecule has 3 N–H and O–H groups in total. The molecule has 0 spiro atoms. The van der Waals surface area contributed by atoms with Crippen LogP contribution in [-0.2, 0) is 9.53 Å². The molecule has 2 amide bonds. The predicted octanol–water partition coefficient (Wildman–Crippen LogP) is 3.69. The Hall–Kier alpha value is -3.28. The van der Waals surface area contributed by atoms with Gasteiger partial charge in [-0.1, -0.05) is 13.0 Å². The van der Waals surface area contributed by atoms with Crippen molar-refractivity contribution in [2.45, 2.75) is 43.6 Å². The van der Waals surface area contributed by atoms with Crippen molar-refractivity contribution < 1.29 is 41.0 Å². The third-order valence-corrected chi connectivity index (χ3v) is 5.58. The molecule has 12 heteroatoms. The molecule has 0 aliphatic carbocycles. The van der Waals surface area contributed by atoms with Crippen molar-refractivity contribution in [2.24, 2.45) is 5.73 Å². The highest BCUT2D eigenvalue weighted by Gasteiger charge is 2.63. The number of amides is 2. The summed E-state index contributed by atoms with van der Waals surface area (Å²) >= 11 is 0. The monoisotopic (exact) mass is 473 g/mol. The van der Waals surface area contributed by atoms with Crippen molar-refractivity contribution in [3.63, 3.8) is 0 Å². The van der Waals surface area contributed by atoms with Gasteiger partial charge in [-0.2, -0.15) is 17.6 Å². The summed E-state index contributed by atoms with van der Waals surface area (Å²) in [5.41, 5.74) is 2.15. The Bertz CT molecular complexity index is 1080. The summed E-state index contributed by atoms with van der Waals surface area (Å²) in [7, 11) is 1.03. The molecule has 2 heterocycles. The van der Waals surface area contributed by atoms with Gasteiger partial charge < -0.3 is 20.5 Å². The highest BCUT2D eigenvalue weighted by Crippen LogP contribution is 2.53. The highest BCUT2D eigenvalue weighted by atomic mass is 19.4. The molecule has 7 nitrogen and oxygen atoms in total. The second-order valence-corrected chi connectivity index (χ2v) is 7.46. The number of carbonyl (C=O) groups excluding carboxylic acids is 2. The number of anilines is 1. The first kappa shape index (κ1) is 24.4. The molecule has 0 bridgehead atoms. The van der Waals surface area contributed by atoms with Gasteiger partial charge in [-0.25, -0.2) is 4.39 Å². The second-order valence-electron chi connectivity index (χ2n) is 7.46. The van der Waals surface area contributed by atoms with E-state index in [1.165, 1.54) is 19.2 Å². The van der Waals surface area contributed by atoms with Gasteiger partial charge in [-0.05, 0) is 31.0 Å². The minimum Gasteiger partial charge on any atom is -0.493 e. The summed E-state index contributed by atoms with van der Waals surface area (Å²) in [5, 5.41) is 2.37. The van der Waals surface area contributed by atoms with E-state index in [4.69, 9.17) is 15.2 Å². The van der Waals surface area contributed by atoms with E-state index in [2.05, 4.69) is 10.3 Å². The fraction of sp³-hybridized carbons (Fsp3) is 0.381. The molecule has 1 aromatic heterocycles. The Morgan fingerprint density at radius 3 is 2.58 bits per heavy atom. The quantitative estimate of drug-likeness (QED) is 0.623. The summed E-state index contributed by atoms with van der Waals surface area (Å²) < 4.78 is 80.1. The first-order valence-corrected chi connectivity index (χ1v) is 9.77. The third-order valence-electron chi connectivity index (χ3n) is 5.58. The molecule has 3 rings (SSSR count). The fourth-order valence-electron chi connectivity index (χ4n) is 3.86. The predicted molar refractivity (Wildman–Crippen MR) is 106 cm³/mol. The van der Waals surface area contributed by atoms with Crippen LogP contribution in [-0.4, -0.2) is 41.8 Å². The zero-order valence-electron chi connectivity index (χ0n) is 17.5. The molecule has 33 heavy (non-hydrogen) atoms. The highest BCUT2D eigenvalue weighted by molar-refractivity contribution is 5.97. The van der Waals surface area contributed by atoms with Crippen molar-refractivity contribution >= 4 is 17.5 Å². The van der Waals surface area contributed by atoms with Crippen molar-refractivity contribution in [1.82, 2.24) is 4.98 Å². The summed E-state index contributed by atoms with van der Waals surface area (Å²) in [6.07, 6.45) is -6.67. The van der Waals surface area contributed by atoms with Gasteiger partial charge in [0.05, 0.1) is 7.11 Å². The van der Waals surface area contributed by atoms with E-state index in [0.29, 0.717) is 0 Å². The number of methoxy groups -OCH3 is 1. The van der Waals surface area contributed by atoms with E-state index >= 15 is 0 Å². The Morgan fingerprint density at radius 2 is 2.00 bits per heavy atom. The summed E-state index contributed by atoms with van der Waals surface area (Å²) in [5.74, 6) is -6.47. The molecule has 2 aromatic rings. The number of carbonyl (C=O) groups is 2. The number of aromatic nitrogens is 1. The number of hydrogen-bond donors (Lipinski definition) is 2. The molecule has 1 fully saturated rings. The lowest BCUT2D eigenvalue weighted by atomic mass is 9.84. The number of pyridine rings is 1. The lowest BCUT2D eigenvalue weighted by Crippen LogP contribution is -2.45. The van der Waals surface area contributed by atoms with Crippen LogP contribution in [0.2, 0.25) is 0 Å². The zero-order chi connectivity index (χ0) is 24.6. The molecule has 0 radical (unpaired) electrons. The fourth-order valence-corrected chi connectivity index (χ4v) is 3.86. The largest absolute Gasteiger partial charge is 0.493 e. The van der Waals surface area contributed by atoms with Crippen molar-refractivity contribution in [3.8, 4) is 5.75 Å². The normalized spacial score (nSPS) is 22.8. The van der Waals surface area contributed by atoms with E-state index in [0.717, 1.165) is 25.3 Å². The zero-order valence-corrected chi connectivity index (χ0v) is 17.5. The Labute approximate surface area is 185 Å². The van der Waals surface area contributed by atoms with Crippen LogP contribution in [0.5, 0.6) is 5.75 Å². The maximum atomic E-state index is 14.3. The average Bonchev–Trinajstić information content (AvgIpc) is 3.17. The maximum Gasteiger partial charge on any atom is 0.417 e. The molecule has 1 aliphatic rings. The number of ether oxygens (including phenoxy) is 2. The van der Waals surface area contributed by atoms with Crippen LogP contribution in [0.4, 0.5) is 27.6 Å². The van der Waals surface area contributed by atoms with E-state index in [1.807, 2.05) is 0 Å². The molecule has 0 saturated carbocycles. The number of benzene rings is 1. The van der Waals surface area contributed by atoms with Gasteiger partial charge in [-0.15, -0.1) is 0 Å². The summed E-state index contributed by atoms with van der Waals surface area (Å²) in [6, 6.07) is 4.23. The van der Waals surface area contributed by atoms with Gasteiger partial charge in [-0.3, -0.25) is 14.6 Å². The van der Waals surface area contributed by atoms with Crippen LogP contribution < -0.4 is 15.8 Å². The van der Waals surface area contributed by atoms with Crippen molar-refractivity contribution in [2.75, 3.05) is 12.4 Å². The van der Waals surface area contributed by atoms with Crippen molar-refractivity contribution in [3.05, 3.63) is 53.4 Å². The smallest absolute Gasteiger partial charge is 0.417 e. The number of nitrogens with one attached hydrogen (secondary N) is 1. The number of hydrogen-bond acceptors (Lipinski definition) is 5. The van der Waals surface area contributed by atoms with E-state index < -0.39 is 65.8 Å². The lowest BCUT2D eigenvalue weighted by molar-refractivity contribution is -0.270. The molecule has 178 valence electrons. The van der Waals surface area contributed by atoms with Crippen LogP contribution in [0.3, 0.4) is 0 Å². The van der Waals surface area contributed by atoms with Crippen molar-refractivity contribution in [1.29, 1.82) is 0 Å². The second kappa shape index (κ2) is 8.93. The van der Waals surface area contributed by atoms with E-state index in [9.17, 15) is 31.5 Å². The number of nitrogens with zero attached hydrogens (tertiary/aromatic N) is 1. The third kappa shape index (κ3) is 4.47. The number of nitrogens with two attached hydrogens (primary N) is 1. The van der Waals surface area contributed by atoms with Gasteiger partial charge >= 0.3 is 6.18 Å². The molecule has 1 saturated heterocycles. The van der Waals surface area contributed by atoms with Gasteiger partial charge in [0.1, 0.15) is 11.8 Å². The Balaban J connectivity index is 2.05. The molecule has 1 aliphatic heterocycles. The average molecular weight is 473 g/mol. The molecule has 1 aromatic carbocycles. The molecule has 3 atom stereocenters. The van der Waals surface area contributed by atoms with E-state index in [-0.39, 0.29) is 16.9 Å². The minimum absolute atomic E-state index is 0.0319. The van der Waals surface area contributed by atoms with Gasteiger partial charge in [0.15, 0.2) is 17.2 Å². The van der Waals surface area contributed by atoms with Crippen LogP contribution in [0.25, 0.3) is 0 Å². The lowest BCUT2D eigenvalue weighted by Gasteiger charge is -2.30. The Kier molecular flexibility index (Phi) is 6.59. The molecule has 0 unspecified atom stereocenters. The first-order valence-electron chi connectivity index (χ1n) is 9.77. The standard InChI is InChI=1S/C21H20F5N3O4/c1-3-20(21(24,25)26)9-12(11-4-5-13(22)15(23)16(11)32-2)17(33-20)19(31)29-10-6-7-28-14(8-10)18(27)30/h4-8,12,17H,3,9H2,1-2H3,(H2,27,30)(H,28,29,31)/t12-,17+,20+/m0/s1. The molecular weight excluding hydrogens is 453 g/mol. The Morgan fingerprint density at radius 1 is 1.30 bits per heavy atom. The number of alkyl halides is 3. The van der Waals surface area contributed by atoms with Crippen LogP contribution in [0.15, 0.2) is 30.5 Å². The number of rotatable bonds is 6. The van der Waals surface area contributed by atoms with Gasteiger partial charge in [0.25, 0.3) is 11.8 Å². The first-order chi connectivity index (χ1) is 15.4. The summed E-state index contributed by atoms with van der Waals surface area (Å²) in [6.45, 7) is 1.25. The van der Waals surface area contributed by atoms with Crippen LogP contribution >= 0.6 is 0 Å². The minimum atomic E-state index is -4.85. The van der Waals surface area contributed by atoms with Gasteiger partial charge in [0, 0.05) is 23.4 Å². The topological polar surface area (TPSA) is 104 Å². The van der Waals surface area contributed by atoms with Gasteiger partial charge in [0.2, 0.25) is 5.82 Å². The van der Waals surface area contributed by atoms with Crippen LogP contribution in [0, 0.1) is 11.6 Å². The molecular formula is C21H20F5N3O4. The number of halogens is 5. The number of primary amides is 1. The summed E-state index contributed by atoms with van der Waals surface area (Å²) in [4.78, 5) is 28.0. The van der Waals surface area contributed by atoms with Crippen LogP contribution in [0.1, 0.15) is 41.7 Å². The maximum absolute atomic E-state index is 14.3. The van der Waals surface area contributed by atoms with E-state index in [1.54, 1.807) is 0 Å². The SMILES string of the molecule is CC[C@]1(C(F)(F)F)C[C@@H](c2ccc(F)c(F)c2OC)[C@H](C(=O)Nc2ccnc(C(N)=O)c2)O1.